The SMILES string of the molecule is CC1CCCC[Si]1(C)C.CC[N+](CC)(CC)CC. The number of hydrogen-bond donors (Lipinski definition) is 0. The van der Waals surface area contributed by atoms with Crippen molar-refractivity contribution in [1.29, 1.82) is 0 Å². The van der Waals surface area contributed by atoms with Crippen LogP contribution in [0.1, 0.15) is 53.9 Å². The molecule has 1 fully saturated rings. The Morgan fingerprint density at radius 2 is 1.33 bits per heavy atom. The maximum Gasteiger partial charge on any atom is 0.0757 e. The van der Waals surface area contributed by atoms with Gasteiger partial charge in [-0.25, -0.2) is 0 Å². The summed E-state index contributed by atoms with van der Waals surface area (Å²) in [4.78, 5) is 0. The zero-order valence-electron chi connectivity index (χ0n) is 14.2. The summed E-state index contributed by atoms with van der Waals surface area (Å²) in [6, 6.07) is 1.58. The van der Waals surface area contributed by atoms with Gasteiger partial charge in [-0.15, -0.1) is 0 Å². The Kier molecular flexibility index (Phi) is 8.45. The highest BCUT2D eigenvalue weighted by molar-refractivity contribution is 6.78. The molecule has 0 aromatic carbocycles. The standard InChI is InChI=1S/C8H20N.C8H18Si/c1-5-9(6-2,7-3)8-4;1-8-6-4-5-7-9(8,2)3/h5-8H2,1-4H3;8H,4-7H2,1-3H3/q+1;. The molecule has 1 aliphatic rings. The minimum absolute atomic E-state index is 0.694. The lowest BCUT2D eigenvalue weighted by Gasteiger charge is -2.34. The average Bonchev–Trinajstić information content (AvgIpc) is 2.37. The molecular formula is C16H38NSi+. The molecule has 0 N–H and O–H groups in total. The maximum atomic E-state index is 2.54. The fourth-order valence-corrected chi connectivity index (χ4v) is 5.65. The fraction of sp³-hybridized carbons (Fsp3) is 1.00. The highest BCUT2D eigenvalue weighted by Gasteiger charge is 2.30. The molecule has 1 atom stereocenters. The molecule has 0 bridgehead atoms. The van der Waals surface area contributed by atoms with Crippen molar-refractivity contribution < 1.29 is 4.48 Å². The first kappa shape index (κ1) is 18.2. The summed E-state index contributed by atoms with van der Waals surface area (Å²) in [7, 11) is -0.694. The van der Waals surface area contributed by atoms with Gasteiger partial charge >= 0.3 is 0 Å². The summed E-state index contributed by atoms with van der Waals surface area (Å²) in [5.41, 5.74) is 1.09. The lowest BCUT2D eigenvalue weighted by Crippen LogP contribution is -2.47. The Morgan fingerprint density at radius 3 is 1.50 bits per heavy atom. The minimum atomic E-state index is -0.694. The topological polar surface area (TPSA) is 0 Å². The van der Waals surface area contributed by atoms with E-state index in [1.165, 1.54) is 49.9 Å². The molecule has 0 saturated carbocycles. The van der Waals surface area contributed by atoms with Crippen LogP contribution in [0.15, 0.2) is 0 Å². The Hall–Kier alpha value is 0.177. The van der Waals surface area contributed by atoms with Gasteiger partial charge in [0.1, 0.15) is 0 Å². The third-order valence-corrected chi connectivity index (χ3v) is 10.3. The molecule has 1 nitrogen and oxygen atoms in total. The van der Waals surface area contributed by atoms with Crippen molar-refractivity contribution in [3.8, 4) is 0 Å². The molecule has 1 aliphatic heterocycles. The van der Waals surface area contributed by atoms with E-state index in [4.69, 9.17) is 0 Å². The van der Waals surface area contributed by atoms with E-state index >= 15 is 0 Å². The van der Waals surface area contributed by atoms with Gasteiger partial charge < -0.3 is 4.48 Å². The highest BCUT2D eigenvalue weighted by Crippen LogP contribution is 2.36. The van der Waals surface area contributed by atoms with Gasteiger partial charge in [-0.1, -0.05) is 45.3 Å². The molecule has 0 radical (unpaired) electrons. The lowest BCUT2D eigenvalue weighted by molar-refractivity contribution is -0.921. The largest absolute Gasteiger partial charge is 0.325 e. The van der Waals surface area contributed by atoms with Crippen LogP contribution in [0.2, 0.25) is 24.7 Å². The lowest BCUT2D eigenvalue weighted by atomic mass is 10.2. The quantitative estimate of drug-likeness (QED) is 0.490. The molecule has 0 amide bonds. The van der Waals surface area contributed by atoms with E-state index in [-0.39, 0.29) is 0 Å². The third-order valence-electron chi connectivity index (χ3n) is 5.73. The Balaban J connectivity index is 0.000000321. The van der Waals surface area contributed by atoms with Crippen molar-refractivity contribution in [2.45, 2.75) is 78.6 Å². The van der Waals surface area contributed by atoms with Crippen molar-refractivity contribution in [3.63, 3.8) is 0 Å². The summed E-state index contributed by atoms with van der Waals surface area (Å²) in [5, 5.41) is 0. The zero-order valence-corrected chi connectivity index (χ0v) is 15.2. The van der Waals surface area contributed by atoms with Gasteiger partial charge in [0.05, 0.1) is 34.3 Å². The van der Waals surface area contributed by atoms with E-state index in [1.54, 1.807) is 6.04 Å². The van der Waals surface area contributed by atoms with Crippen molar-refractivity contribution >= 4 is 8.07 Å². The second-order valence-electron chi connectivity index (χ2n) is 6.74. The highest BCUT2D eigenvalue weighted by atomic mass is 28.3. The molecule has 2 heteroatoms. The van der Waals surface area contributed by atoms with Crippen LogP contribution in [0.25, 0.3) is 0 Å². The van der Waals surface area contributed by atoms with Crippen molar-refractivity contribution in [2.75, 3.05) is 26.2 Å². The molecule has 0 aliphatic carbocycles. The first-order chi connectivity index (χ1) is 8.37. The van der Waals surface area contributed by atoms with Gasteiger partial charge in [0.2, 0.25) is 0 Å². The Bertz CT molecular complexity index is 192. The van der Waals surface area contributed by atoms with Gasteiger partial charge in [0.25, 0.3) is 0 Å². The molecule has 1 rings (SSSR count). The summed E-state index contributed by atoms with van der Waals surface area (Å²) in [6.45, 7) is 21.7. The van der Waals surface area contributed by atoms with Crippen LogP contribution in [-0.2, 0) is 0 Å². The van der Waals surface area contributed by atoms with Crippen LogP contribution >= 0.6 is 0 Å². The molecular weight excluding hydrogens is 234 g/mol. The van der Waals surface area contributed by atoms with Crippen LogP contribution < -0.4 is 0 Å². The van der Waals surface area contributed by atoms with Crippen molar-refractivity contribution in [1.82, 2.24) is 0 Å². The van der Waals surface area contributed by atoms with Gasteiger partial charge in [-0.3, -0.25) is 0 Å². The molecule has 0 aromatic heterocycles. The molecule has 1 unspecified atom stereocenters. The molecule has 1 heterocycles. The molecule has 1 saturated heterocycles. The Labute approximate surface area is 118 Å². The van der Waals surface area contributed by atoms with Crippen LogP contribution in [0.4, 0.5) is 0 Å². The van der Waals surface area contributed by atoms with E-state index < -0.39 is 8.07 Å². The molecule has 0 spiro atoms. The van der Waals surface area contributed by atoms with Gasteiger partial charge in [-0.05, 0) is 33.2 Å². The molecule has 110 valence electrons. The average molecular weight is 273 g/mol. The van der Waals surface area contributed by atoms with Gasteiger partial charge in [-0.2, -0.15) is 0 Å². The van der Waals surface area contributed by atoms with E-state index in [2.05, 4.69) is 47.7 Å². The predicted molar refractivity (Wildman–Crippen MR) is 88.0 cm³/mol. The maximum absolute atomic E-state index is 2.54. The summed E-state index contributed by atoms with van der Waals surface area (Å²) in [5.74, 6) is 0. The number of quaternary nitrogens is 1. The predicted octanol–water partition coefficient (Wildman–Crippen LogP) is 5.15. The smallest absolute Gasteiger partial charge is 0.0757 e. The monoisotopic (exact) mass is 272 g/mol. The van der Waals surface area contributed by atoms with Gasteiger partial charge in [0.15, 0.2) is 0 Å². The third kappa shape index (κ3) is 5.44. The molecule has 0 aromatic rings. The second-order valence-corrected chi connectivity index (χ2v) is 12.2. The minimum Gasteiger partial charge on any atom is -0.325 e. The summed E-state index contributed by atoms with van der Waals surface area (Å²) >= 11 is 0. The van der Waals surface area contributed by atoms with Crippen LogP contribution in [0.5, 0.6) is 0 Å². The van der Waals surface area contributed by atoms with Crippen LogP contribution in [-0.4, -0.2) is 38.7 Å². The second kappa shape index (κ2) is 8.37. The molecule has 18 heavy (non-hydrogen) atoms. The first-order valence-corrected chi connectivity index (χ1v) is 11.5. The Morgan fingerprint density at radius 1 is 0.889 bits per heavy atom. The van der Waals surface area contributed by atoms with Gasteiger partial charge in [0, 0.05) is 0 Å². The number of nitrogens with zero attached hydrogens (tertiary/aromatic N) is 1. The number of hydrogen-bond acceptors (Lipinski definition) is 0. The number of rotatable bonds is 4. The normalized spacial score (nSPS) is 23.2. The van der Waals surface area contributed by atoms with E-state index in [0.29, 0.717) is 0 Å². The summed E-state index contributed by atoms with van der Waals surface area (Å²) < 4.78 is 1.28. The summed E-state index contributed by atoms with van der Waals surface area (Å²) in [6.07, 6.45) is 4.53. The van der Waals surface area contributed by atoms with E-state index in [1.807, 2.05) is 0 Å². The van der Waals surface area contributed by atoms with Crippen LogP contribution in [0, 0.1) is 0 Å². The zero-order chi connectivity index (χ0) is 14.2. The fourth-order valence-electron chi connectivity index (χ4n) is 3.01. The van der Waals surface area contributed by atoms with E-state index in [0.717, 1.165) is 5.54 Å². The van der Waals surface area contributed by atoms with E-state index in [9.17, 15) is 0 Å². The van der Waals surface area contributed by atoms with Crippen molar-refractivity contribution in [2.24, 2.45) is 0 Å². The first-order valence-electron chi connectivity index (χ1n) is 8.22. The van der Waals surface area contributed by atoms with Crippen LogP contribution in [0.3, 0.4) is 0 Å². The van der Waals surface area contributed by atoms with Crippen molar-refractivity contribution in [3.05, 3.63) is 0 Å².